The lowest BCUT2D eigenvalue weighted by molar-refractivity contribution is -0.141. The number of piperidine rings is 1. The Morgan fingerprint density at radius 2 is 1.60 bits per heavy atom. The molecule has 5 nitrogen and oxygen atoms in total. The minimum atomic E-state index is -0.0288. The van der Waals surface area contributed by atoms with E-state index >= 15 is 0 Å². The molecule has 1 aromatic rings. The molecule has 3 aliphatic rings. The molecule has 3 heterocycles. The third-order valence-corrected chi connectivity index (χ3v) is 6.22. The van der Waals surface area contributed by atoms with E-state index < -0.39 is 0 Å². The van der Waals surface area contributed by atoms with Gasteiger partial charge in [-0.2, -0.15) is 0 Å². The van der Waals surface area contributed by atoms with Gasteiger partial charge < -0.3 is 10.2 Å². The van der Waals surface area contributed by atoms with E-state index in [1.807, 2.05) is 0 Å². The number of aromatic nitrogens is 1. The maximum atomic E-state index is 13.0. The first-order valence-corrected chi connectivity index (χ1v) is 9.75. The first kappa shape index (κ1) is 16.6. The molecule has 2 saturated heterocycles. The molecule has 134 valence electrons. The lowest BCUT2D eigenvalue weighted by atomic mass is 9.86. The van der Waals surface area contributed by atoms with Crippen LogP contribution in [0.15, 0.2) is 24.5 Å². The SMILES string of the molecule is O=C(NC1CC2CCC(C1)N2C(=O)C1CCCCC1)c1ccncc1. The molecule has 1 saturated carbocycles. The molecule has 1 N–H and O–H groups in total. The Bertz CT molecular complexity index is 613. The van der Waals surface area contributed by atoms with Crippen molar-refractivity contribution in [2.45, 2.75) is 75.9 Å². The fourth-order valence-electron chi connectivity index (χ4n) is 4.99. The van der Waals surface area contributed by atoms with Crippen LogP contribution in [0.3, 0.4) is 0 Å². The lowest BCUT2D eigenvalue weighted by Gasteiger charge is -2.41. The van der Waals surface area contributed by atoms with Gasteiger partial charge in [-0.25, -0.2) is 0 Å². The Balaban J connectivity index is 1.38. The number of hydrogen-bond donors (Lipinski definition) is 1. The van der Waals surface area contributed by atoms with Crippen molar-refractivity contribution in [3.63, 3.8) is 0 Å². The van der Waals surface area contributed by atoms with Gasteiger partial charge >= 0.3 is 0 Å². The maximum Gasteiger partial charge on any atom is 0.251 e. The van der Waals surface area contributed by atoms with Crippen molar-refractivity contribution in [3.8, 4) is 0 Å². The van der Waals surface area contributed by atoms with Crippen LogP contribution in [0.5, 0.6) is 0 Å². The summed E-state index contributed by atoms with van der Waals surface area (Å²) in [5.74, 6) is 0.616. The molecule has 2 aliphatic heterocycles. The molecule has 2 amide bonds. The Hall–Kier alpha value is -1.91. The highest BCUT2D eigenvalue weighted by Gasteiger charge is 2.45. The number of carbonyl (C=O) groups excluding carboxylic acids is 2. The van der Waals surface area contributed by atoms with Gasteiger partial charge in [0, 0.05) is 42.0 Å². The summed E-state index contributed by atoms with van der Waals surface area (Å²) < 4.78 is 0. The van der Waals surface area contributed by atoms with E-state index in [0.29, 0.717) is 23.6 Å². The van der Waals surface area contributed by atoms with Crippen molar-refractivity contribution >= 4 is 11.8 Å². The average molecular weight is 341 g/mol. The molecule has 1 aliphatic carbocycles. The molecule has 2 atom stereocenters. The molecule has 0 radical (unpaired) electrons. The summed E-state index contributed by atoms with van der Waals surface area (Å²) in [6, 6.07) is 4.29. The van der Waals surface area contributed by atoms with Crippen LogP contribution >= 0.6 is 0 Å². The maximum absolute atomic E-state index is 13.0. The topological polar surface area (TPSA) is 62.3 Å². The minimum absolute atomic E-state index is 0.0288. The number of amides is 2. The molecule has 2 bridgehead atoms. The zero-order valence-corrected chi connectivity index (χ0v) is 14.7. The van der Waals surface area contributed by atoms with Gasteiger partial charge in [0.1, 0.15) is 0 Å². The van der Waals surface area contributed by atoms with Crippen LogP contribution < -0.4 is 5.32 Å². The van der Waals surface area contributed by atoms with E-state index in [2.05, 4.69) is 15.2 Å². The Morgan fingerprint density at radius 3 is 2.24 bits per heavy atom. The molecular formula is C20H27N3O2. The Kier molecular flexibility index (Phi) is 4.73. The summed E-state index contributed by atoms with van der Waals surface area (Å²) >= 11 is 0. The van der Waals surface area contributed by atoms with Gasteiger partial charge in [-0.15, -0.1) is 0 Å². The third kappa shape index (κ3) is 3.42. The van der Waals surface area contributed by atoms with Crippen molar-refractivity contribution in [2.75, 3.05) is 0 Å². The normalized spacial score (nSPS) is 29.4. The lowest BCUT2D eigenvalue weighted by Crippen LogP contribution is -2.54. The summed E-state index contributed by atoms with van der Waals surface area (Å²) in [6.07, 6.45) is 13.1. The second-order valence-electron chi connectivity index (χ2n) is 7.84. The molecule has 0 spiro atoms. The Morgan fingerprint density at radius 1 is 0.960 bits per heavy atom. The molecule has 3 fully saturated rings. The van der Waals surface area contributed by atoms with Gasteiger partial charge in [0.05, 0.1) is 0 Å². The summed E-state index contributed by atoms with van der Waals surface area (Å²) in [5.41, 5.74) is 0.656. The summed E-state index contributed by atoms with van der Waals surface area (Å²) in [5, 5.41) is 3.17. The molecule has 4 rings (SSSR count). The van der Waals surface area contributed by atoms with Crippen LogP contribution in [-0.2, 0) is 4.79 Å². The third-order valence-electron chi connectivity index (χ3n) is 6.22. The summed E-state index contributed by atoms with van der Waals surface area (Å²) in [4.78, 5) is 31.5. The standard InChI is InChI=1S/C20H27N3O2/c24-19(14-8-10-21-11-9-14)22-16-12-17-6-7-18(13-16)23(17)20(25)15-4-2-1-3-5-15/h8-11,15-18H,1-7,12-13H2,(H,22,24). The van der Waals surface area contributed by atoms with Crippen LogP contribution in [0.1, 0.15) is 68.1 Å². The number of hydrogen-bond acceptors (Lipinski definition) is 3. The largest absolute Gasteiger partial charge is 0.349 e. The second kappa shape index (κ2) is 7.14. The van der Waals surface area contributed by atoms with E-state index in [1.54, 1.807) is 24.5 Å². The number of nitrogens with one attached hydrogen (secondary N) is 1. The fraction of sp³-hybridized carbons (Fsp3) is 0.650. The van der Waals surface area contributed by atoms with Crippen molar-refractivity contribution in [1.29, 1.82) is 0 Å². The van der Waals surface area contributed by atoms with E-state index in [0.717, 1.165) is 38.5 Å². The van der Waals surface area contributed by atoms with Crippen molar-refractivity contribution in [2.24, 2.45) is 5.92 Å². The van der Waals surface area contributed by atoms with Crippen LogP contribution in [0.25, 0.3) is 0 Å². The van der Waals surface area contributed by atoms with Gasteiger partial charge in [0.25, 0.3) is 5.91 Å². The number of nitrogens with zero attached hydrogens (tertiary/aromatic N) is 2. The van der Waals surface area contributed by atoms with Crippen molar-refractivity contribution in [3.05, 3.63) is 30.1 Å². The van der Waals surface area contributed by atoms with Crippen LogP contribution in [0.2, 0.25) is 0 Å². The molecule has 0 aromatic carbocycles. The van der Waals surface area contributed by atoms with Gasteiger partial charge in [-0.05, 0) is 50.7 Å². The summed E-state index contributed by atoms with van der Waals surface area (Å²) in [6.45, 7) is 0. The predicted molar refractivity (Wildman–Crippen MR) is 95.0 cm³/mol. The van der Waals surface area contributed by atoms with Crippen LogP contribution in [0.4, 0.5) is 0 Å². The number of rotatable bonds is 3. The zero-order chi connectivity index (χ0) is 17.2. The van der Waals surface area contributed by atoms with E-state index in [4.69, 9.17) is 0 Å². The van der Waals surface area contributed by atoms with Gasteiger partial charge in [-0.1, -0.05) is 19.3 Å². The highest BCUT2D eigenvalue weighted by atomic mass is 16.2. The van der Waals surface area contributed by atoms with Crippen LogP contribution in [-0.4, -0.2) is 39.8 Å². The molecule has 5 heteroatoms. The van der Waals surface area contributed by atoms with E-state index in [1.165, 1.54) is 19.3 Å². The highest BCUT2D eigenvalue weighted by Crippen LogP contribution is 2.38. The molecule has 1 aromatic heterocycles. The molecule has 2 unspecified atom stereocenters. The first-order valence-electron chi connectivity index (χ1n) is 9.75. The first-order chi connectivity index (χ1) is 12.2. The fourth-order valence-corrected chi connectivity index (χ4v) is 4.99. The van der Waals surface area contributed by atoms with Gasteiger partial charge in [0.15, 0.2) is 0 Å². The quantitative estimate of drug-likeness (QED) is 0.919. The predicted octanol–water partition coefficient (Wildman–Crippen LogP) is 2.91. The van der Waals surface area contributed by atoms with E-state index in [9.17, 15) is 9.59 Å². The minimum Gasteiger partial charge on any atom is -0.349 e. The Labute approximate surface area is 149 Å². The summed E-state index contributed by atoms with van der Waals surface area (Å²) in [7, 11) is 0. The van der Waals surface area contributed by atoms with Crippen molar-refractivity contribution < 1.29 is 9.59 Å². The smallest absolute Gasteiger partial charge is 0.251 e. The van der Waals surface area contributed by atoms with Gasteiger partial charge in [0.2, 0.25) is 5.91 Å². The second-order valence-corrected chi connectivity index (χ2v) is 7.84. The highest BCUT2D eigenvalue weighted by molar-refractivity contribution is 5.94. The van der Waals surface area contributed by atoms with Crippen molar-refractivity contribution in [1.82, 2.24) is 15.2 Å². The zero-order valence-electron chi connectivity index (χ0n) is 14.7. The van der Waals surface area contributed by atoms with Gasteiger partial charge in [-0.3, -0.25) is 14.6 Å². The monoisotopic (exact) mass is 341 g/mol. The van der Waals surface area contributed by atoms with E-state index in [-0.39, 0.29) is 17.9 Å². The number of carbonyl (C=O) groups is 2. The molecule has 25 heavy (non-hydrogen) atoms. The number of pyridine rings is 1. The molecular weight excluding hydrogens is 314 g/mol. The van der Waals surface area contributed by atoms with Crippen LogP contribution in [0, 0.1) is 5.92 Å². The number of fused-ring (bicyclic) bond motifs is 2. The average Bonchev–Trinajstić information content (AvgIpc) is 2.93.